The van der Waals surface area contributed by atoms with Gasteiger partial charge in [-0.1, -0.05) is 18.2 Å². The third-order valence-electron chi connectivity index (χ3n) is 6.72. The number of likely N-dealkylation sites (tertiary alicyclic amines) is 1. The standard InChI is InChI=1S/C23H31FN2O3/c24-20-4-2-1-3-19(20)15-21(27)26-12-9-23(10-13-26)16-17(8-14-29-23)7-11-25-22(28)18-5-6-18/h1-4,17-18H,5-16H2,(H,25,28). The number of rotatable bonds is 6. The van der Waals surface area contributed by atoms with Crippen molar-refractivity contribution >= 4 is 11.8 Å². The molecule has 1 saturated carbocycles. The Morgan fingerprint density at radius 2 is 1.93 bits per heavy atom. The summed E-state index contributed by atoms with van der Waals surface area (Å²) in [5.74, 6) is 0.710. The Morgan fingerprint density at radius 3 is 2.66 bits per heavy atom. The van der Waals surface area contributed by atoms with Crippen LogP contribution in [0.5, 0.6) is 0 Å². The van der Waals surface area contributed by atoms with Crippen LogP contribution in [0.3, 0.4) is 0 Å². The summed E-state index contributed by atoms with van der Waals surface area (Å²) in [6, 6.07) is 6.48. The van der Waals surface area contributed by atoms with Crippen LogP contribution in [0.1, 0.15) is 50.5 Å². The number of carbonyl (C=O) groups excluding carboxylic acids is 2. The Labute approximate surface area is 172 Å². The van der Waals surface area contributed by atoms with Gasteiger partial charge in [-0.05, 0) is 62.5 Å². The smallest absolute Gasteiger partial charge is 0.227 e. The van der Waals surface area contributed by atoms with Crippen LogP contribution >= 0.6 is 0 Å². The molecule has 2 aliphatic heterocycles. The predicted molar refractivity (Wildman–Crippen MR) is 108 cm³/mol. The first-order chi connectivity index (χ1) is 14.0. The van der Waals surface area contributed by atoms with Crippen LogP contribution in [0.25, 0.3) is 0 Å². The van der Waals surface area contributed by atoms with Crippen LogP contribution in [0.2, 0.25) is 0 Å². The SMILES string of the molecule is O=C(NCCC1CCOC2(CCN(C(=O)Cc3ccccc3F)CC2)C1)C1CC1. The third kappa shape index (κ3) is 5.16. The fraction of sp³-hybridized carbons (Fsp3) is 0.652. The number of hydrogen-bond acceptors (Lipinski definition) is 3. The second-order valence-electron chi connectivity index (χ2n) is 8.89. The van der Waals surface area contributed by atoms with Gasteiger partial charge in [-0.15, -0.1) is 0 Å². The van der Waals surface area contributed by atoms with Gasteiger partial charge in [0.15, 0.2) is 0 Å². The van der Waals surface area contributed by atoms with Gasteiger partial charge in [-0.2, -0.15) is 0 Å². The molecule has 29 heavy (non-hydrogen) atoms. The van der Waals surface area contributed by atoms with Gasteiger partial charge in [-0.25, -0.2) is 4.39 Å². The molecule has 4 rings (SSSR count). The Morgan fingerprint density at radius 1 is 1.17 bits per heavy atom. The minimum absolute atomic E-state index is 0.0138. The highest BCUT2D eigenvalue weighted by Gasteiger charge is 2.41. The molecule has 2 amide bonds. The maximum atomic E-state index is 13.8. The zero-order valence-electron chi connectivity index (χ0n) is 17.0. The molecule has 1 aromatic carbocycles. The van der Waals surface area contributed by atoms with E-state index >= 15 is 0 Å². The molecule has 6 heteroatoms. The van der Waals surface area contributed by atoms with Crippen molar-refractivity contribution in [3.8, 4) is 0 Å². The summed E-state index contributed by atoms with van der Waals surface area (Å²) in [6.07, 6.45) is 6.90. The number of hydrogen-bond donors (Lipinski definition) is 1. The van der Waals surface area contributed by atoms with Crippen molar-refractivity contribution in [3.05, 3.63) is 35.6 Å². The van der Waals surface area contributed by atoms with E-state index in [2.05, 4.69) is 5.32 Å². The van der Waals surface area contributed by atoms with Crippen molar-refractivity contribution < 1.29 is 18.7 Å². The highest BCUT2D eigenvalue weighted by molar-refractivity contribution is 5.80. The number of nitrogens with one attached hydrogen (secondary N) is 1. The lowest BCUT2D eigenvalue weighted by atomic mass is 9.78. The molecule has 1 aromatic rings. The molecule has 158 valence electrons. The molecule has 0 aromatic heterocycles. The van der Waals surface area contributed by atoms with E-state index < -0.39 is 0 Å². The first kappa shape index (κ1) is 20.3. The molecule has 1 spiro atoms. The van der Waals surface area contributed by atoms with Crippen molar-refractivity contribution in [2.75, 3.05) is 26.2 Å². The summed E-state index contributed by atoms with van der Waals surface area (Å²) in [6.45, 7) is 2.84. The molecule has 2 saturated heterocycles. The number of benzene rings is 1. The number of carbonyl (C=O) groups is 2. The van der Waals surface area contributed by atoms with Gasteiger partial charge in [-0.3, -0.25) is 9.59 Å². The van der Waals surface area contributed by atoms with Crippen molar-refractivity contribution in [2.24, 2.45) is 11.8 Å². The zero-order chi connectivity index (χ0) is 20.3. The molecular formula is C23H31FN2O3. The summed E-state index contributed by atoms with van der Waals surface area (Å²) < 4.78 is 20.0. The summed E-state index contributed by atoms with van der Waals surface area (Å²) >= 11 is 0. The molecule has 3 aliphatic rings. The summed E-state index contributed by atoms with van der Waals surface area (Å²) in [5.41, 5.74) is 0.318. The maximum absolute atomic E-state index is 13.8. The summed E-state index contributed by atoms with van der Waals surface area (Å²) in [4.78, 5) is 26.2. The Balaban J connectivity index is 1.23. The largest absolute Gasteiger partial charge is 0.375 e. The average Bonchev–Trinajstić information content (AvgIpc) is 3.56. The van der Waals surface area contributed by atoms with E-state index in [1.165, 1.54) is 6.07 Å². The molecule has 1 unspecified atom stereocenters. The first-order valence-corrected chi connectivity index (χ1v) is 11.0. The Bertz CT molecular complexity index is 741. The Hall–Kier alpha value is -1.95. The molecule has 2 heterocycles. The highest BCUT2D eigenvalue weighted by atomic mass is 19.1. The maximum Gasteiger partial charge on any atom is 0.227 e. The number of amides is 2. The van der Waals surface area contributed by atoms with Gasteiger partial charge in [0.2, 0.25) is 11.8 Å². The van der Waals surface area contributed by atoms with Gasteiger partial charge >= 0.3 is 0 Å². The minimum Gasteiger partial charge on any atom is -0.375 e. The monoisotopic (exact) mass is 402 g/mol. The number of ether oxygens (including phenoxy) is 1. The number of nitrogens with zero attached hydrogens (tertiary/aromatic N) is 1. The van der Waals surface area contributed by atoms with E-state index in [1.54, 1.807) is 18.2 Å². The van der Waals surface area contributed by atoms with E-state index in [1.807, 2.05) is 4.90 Å². The normalized spacial score (nSPS) is 23.8. The second kappa shape index (κ2) is 8.82. The quantitative estimate of drug-likeness (QED) is 0.796. The van der Waals surface area contributed by atoms with Gasteiger partial charge in [0, 0.05) is 32.2 Å². The minimum atomic E-state index is -0.318. The summed E-state index contributed by atoms with van der Waals surface area (Å²) in [7, 11) is 0. The van der Waals surface area contributed by atoms with E-state index in [0.29, 0.717) is 24.6 Å². The van der Waals surface area contributed by atoms with E-state index in [0.717, 1.165) is 58.1 Å². The fourth-order valence-electron chi connectivity index (χ4n) is 4.69. The molecular weight excluding hydrogens is 371 g/mol. The summed E-state index contributed by atoms with van der Waals surface area (Å²) in [5, 5.41) is 3.07. The first-order valence-electron chi connectivity index (χ1n) is 11.0. The van der Waals surface area contributed by atoms with Gasteiger partial charge in [0.1, 0.15) is 5.82 Å². The van der Waals surface area contributed by atoms with E-state index in [-0.39, 0.29) is 35.6 Å². The van der Waals surface area contributed by atoms with Crippen LogP contribution in [0, 0.1) is 17.7 Å². The number of piperidine rings is 1. The molecule has 0 bridgehead atoms. The Kier molecular flexibility index (Phi) is 6.18. The predicted octanol–water partition coefficient (Wildman–Crippen LogP) is 3.07. The lowest BCUT2D eigenvalue weighted by Gasteiger charge is -2.46. The van der Waals surface area contributed by atoms with Crippen molar-refractivity contribution in [2.45, 2.75) is 57.0 Å². The number of halogens is 1. The molecule has 0 radical (unpaired) electrons. The van der Waals surface area contributed by atoms with Crippen molar-refractivity contribution in [1.29, 1.82) is 0 Å². The average molecular weight is 403 g/mol. The highest BCUT2D eigenvalue weighted by Crippen LogP contribution is 2.39. The second-order valence-corrected chi connectivity index (χ2v) is 8.89. The van der Waals surface area contributed by atoms with Crippen LogP contribution in [0.15, 0.2) is 24.3 Å². The molecule has 1 atom stereocenters. The van der Waals surface area contributed by atoms with Crippen molar-refractivity contribution in [3.63, 3.8) is 0 Å². The molecule has 5 nitrogen and oxygen atoms in total. The van der Waals surface area contributed by atoms with Crippen molar-refractivity contribution in [1.82, 2.24) is 10.2 Å². The van der Waals surface area contributed by atoms with Crippen LogP contribution < -0.4 is 5.32 Å². The van der Waals surface area contributed by atoms with Gasteiger partial charge < -0.3 is 15.0 Å². The van der Waals surface area contributed by atoms with Crippen LogP contribution in [0.4, 0.5) is 4.39 Å². The van der Waals surface area contributed by atoms with E-state index in [4.69, 9.17) is 4.74 Å². The third-order valence-corrected chi connectivity index (χ3v) is 6.72. The molecule has 1 N–H and O–H groups in total. The topological polar surface area (TPSA) is 58.6 Å². The molecule has 1 aliphatic carbocycles. The molecule has 3 fully saturated rings. The van der Waals surface area contributed by atoms with Gasteiger partial charge in [0.05, 0.1) is 12.0 Å². The van der Waals surface area contributed by atoms with E-state index in [9.17, 15) is 14.0 Å². The van der Waals surface area contributed by atoms with Crippen LogP contribution in [-0.4, -0.2) is 48.6 Å². The lowest BCUT2D eigenvalue weighted by molar-refractivity contribution is -0.146. The zero-order valence-corrected chi connectivity index (χ0v) is 17.0. The van der Waals surface area contributed by atoms with Crippen LogP contribution in [-0.2, 0) is 20.7 Å². The lowest BCUT2D eigenvalue weighted by Crippen LogP contribution is -2.51. The van der Waals surface area contributed by atoms with Gasteiger partial charge in [0.25, 0.3) is 0 Å². The fourth-order valence-corrected chi connectivity index (χ4v) is 4.69.